The number of carbonyl (C=O) groups excluding carboxylic acids is 2. The molecule has 0 saturated carbocycles. The zero-order valence-electron chi connectivity index (χ0n) is 23.7. The number of nitrogens with zero attached hydrogens (tertiary/aromatic N) is 2. The van der Waals surface area contributed by atoms with Crippen molar-refractivity contribution in [3.63, 3.8) is 0 Å². The van der Waals surface area contributed by atoms with Crippen LogP contribution in [0.2, 0.25) is 5.02 Å². The molecule has 1 atom stereocenters. The van der Waals surface area contributed by atoms with Crippen LogP contribution in [-0.4, -0.2) is 44.3 Å². The van der Waals surface area contributed by atoms with Gasteiger partial charge in [-0.15, -0.1) is 0 Å². The zero-order chi connectivity index (χ0) is 29.4. The lowest BCUT2D eigenvalue weighted by Gasteiger charge is -2.33. The van der Waals surface area contributed by atoms with Crippen molar-refractivity contribution < 1.29 is 18.0 Å². The van der Waals surface area contributed by atoms with E-state index >= 15 is 0 Å². The first kappa shape index (κ1) is 31.2. The molecular weight excluding hydrogens is 546 g/mol. The smallest absolute Gasteiger partial charge is 0.264 e. The Kier molecular flexibility index (Phi) is 10.8. The predicted octanol–water partition coefficient (Wildman–Crippen LogP) is 5.73. The summed E-state index contributed by atoms with van der Waals surface area (Å²) in [5.74, 6) is -0.529. The minimum absolute atomic E-state index is 0.0570. The summed E-state index contributed by atoms with van der Waals surface area (Å²) < 4.78 is 29.1. The van der Waals surface area contributed by atoms with Gasteiger partial charge in [-0.1, -0.05) is 86.5 Å². The van der Waals surface area contributed by atoms with E-state index in [1.165, 1.54) is 17.0 Å². The maximum absolute atomic E-state index is 14.1. The molecule has 1 unspecified atom stereocenters. The summed E-state index contributed by atoms with van der Waals surface area (Å²) in [6.07, 6.45) is 0.364. The van der Waals surface area contributed by atoms with E-state index in [4.69, 9.17) is 11.6 Å². The van der Waals surface area contributed by atoms with E-state index in [0.29, 0.717) is 29.2 Å². The van der Waals surface area contributed by atoms with Gasteiger partial charge in [-0.05, 0) is 61.6 Å². The molecule has 3 aromatic rings. The summed E-state index contributed by atoms with van der Waals surface area (Å²) in [4.78, 5) is 28.9. The highest BCUT2D eigenvalue weighted by Crippen LogP contribution is 2.31. The molecule has 214 valence electrons. The van der Waals surface area contributed by atoms with Gasteiger partial charge in [0.15, 0.2) is 0 Å². The number of aryl methyl sites for hydroxylation is 1. The minimum atomic E-state index is -4.16. The summed E-state index contributed by atoms with van der Waals surface area (Å²) in [5.41, 5.74) is 2.58. The Hall–Kier alpha value is -3.36. The normalized spacial score (nSPS) is 12.2. The molecule has 3 rings (SSSR count). The number of hydrogen-bond acceptors (Lipinski definition) is 4. The standard InChI is InChI=1S/C31H38ClN3O4S/c1-6-28(31(37)33-19-22(2)3)34(20-25-11-8-7-9-12-25)30(36)21-35(29-14-10-13-27(32)24(29)5)40(38,39)26-17-15-23(4)16-18-26/h7-18,22,28H,6,19-21H2,1-5H3,(H,33,37). The molecule has 3 aromatic carbocycles. The average molecular weight is 584 g/mol. The van der Waals surface area contributed by atoms with Gasteiger partial charge in [-0.25, -0.2) is 8.42 Å². The Morgan fingerprint density at radius 1 is 0.925 bits per heavy atom. The Morgan fingerprint density at radius 3 is 2.17 bits per heavy atom. The van der Waals surface area contributed by atoms with Crippen molar-refractivity contribution in [2.24, 2.45) is 5.92 Å². The van der Waals surface area contributed by atoms with Crippen LogP contribution >= 0.6 is 11.6 Å². The molecule has 0 saturated heterocycles. The molecule has 40 heavy (non-hydrogen) atoms. The fraction of sp³-hybridized carbons (Fsp3) is 0.355. The number of hydrogen-bond donors (Lipinski definition) is 1. The molecule has 0 aromatic heterocycles. The van der Waals surface area contributed by atoms with Gasteiger partial charge < -0.3 is 10.2 Å². The van der Waals surface area contributed by atoms with Crippen molar-refractivity contribution in [1.29, 1.82) is 0 Å². The second-order valence-corrected chi connectivity index (χ2v) is 12.5. The molecule has 0 radical (unpaired) electrons. The lowest BCUT2D eigenvalue weighted by atomic mass is 10.1. The lowest BCUT2D eigenvalue weighted by molar-refractivity contribution is -0.140. The van der Waals surface area contributed by atoms with Crippen molar-refractivity contribution in [3.05, 3.63) is 94.5 Å². The summed E-state index contributed by atoms with van der Waals surface area (Å²) in [6, 6.07) is 20.0. The van der Waals surface area contributed by atoms with Crippen LogP contribution in [0.1, 0.15) is 43.9 Å². The third-order valence-corrected chi connectivity index (χ3v) is 8.85. The van der Waals surface area contributed by atoms with Crippen LogP contribution in [0.3, 0.4) is 0 Å². The number of anilines is 1. The van der Waals surface area contributed by atoms with E-state index in [9.17, 15) is 18.0 Å². The molecular formula is C31H38ClN3O4S. The Labute approximate surface area is 243 Å². The number of amides is 2. The molecule has 0 aliphatic rings. The number of benzene rings is 3. The lowest BCUT2D eigenvalue weighted by Crippen LogP contribution is -2.52. The molecule has 1 N–H and O–H groups in total. The van der Waals surface area contributed by atoms with Crippen LogP contribution in [0, 0.1) is 19.8 Å². The number of halogens is 1. The number of nitrogens with one attached hydrogen (secondary N) is 1. The monoisotopic (exact) mass is 583 g/mol. The highest BCUT2D eigenvalue weighted by molar-refractivity contribution is 7.92. The Bertz CT molecular complexity index is 1410. The number of rotatable bonds is 12. The van der Waals surface area contributed by atoms with Gasteiger partial charge in [-0.2, -0.15) is 0 Å². The Morgan fingerprint density at radius 2 is 1.57 bits per heavy atom. The zero-order valence-corrected chi connectivity index (χ0v) is 25.3. The van der Waals surface area contributed by atoms with Crippen LogP contribution < -0.4 is 9.62 Å². The highest BCUT2D eigenvalue weighted by atomic mass is 35.5. The maximum atomic E-state index is 14.1. The summed E-state index contributed by atoms with van der Waals surface area (Å²) in [6.45, 7) is 9.54. The largest absolute Gasteiger partial charge is 0.354 e. The summed E-state index contributed by atoms with van der Waals surface area (Å²) in [7, 11) is -4.16. The van der Waals surface area contributed by atoms with Crippen molar-refractivity contribution >= 4 is 39.1 Å². The van der Waals surface area contributed by atoms with Gasteiger partial charge in [0.25, 0.3) is 10.0 Å². The van der Waals surface area contributed by atoms with Crippen molar-refractivity contribution in [1.82, 2.24) is 10.2 Å². The van der Waals surface area contributed by atoms with E-state index < -0.39 is 28.5 Å². The van der Waals surface area contributed by atoms with E-state index in [0.717, 1.165) is 15.4 Å². The first-order chi connectivity index (χ1) is 18.9. The first-order valence-electron chi connectivity index (χ1n) is 13.4. The molecule has 0 heterocycles. The average Bonchev–Trinajstić information content (AvgIpc) is 2.92. The van der Waals surface area contributed by atoms with Crippen LogP contribution in [0.4, 0.5) is 5.69 Å². The molecule has 0 bridgehead atoms. The van der Waals surface area contributed by atoms with Crippen molar-refractivity contribution in [2.75, 3.05) is 17.4 Å². The molecule has 0 aliphatic carbocycles. The van der Waals surface area contributed by atoms with Crippen LogP contribution in [0.25, 0.3) is 0 Å². The van der Waals surface area contributed by atoms with Gasteiger partial charge in [-0.3, -0.25) is 13.9 Å². The van der Waals surface area contributed by atoms with Crippen molar-refractivity contribution in [3.8, 4) is 0 Å². The molecule has 0 spiro atoms. The maximum Gasteiger partial charge on any atom is 0.264 e. The number of carbonyl (C=O) groups is 2. The summed E-state index contributed by atoms with van der Waals surface area (Å²) >= 11 is 6.39. The molecule has 2 amide bonds. The van der Waals surface area contributed by atoms with Gasteiger partial charge in [0.05, 0.1) is 10.6 Å². The fourth-order valence-corrected chi connectivity index (χ4v) is 5.98. The van der Waals surface area contributed by atoms with Crippen molar-refractivity contribution in [2.45, 2.75) is 58.5 Å². The van der Waals surface area contributed by atoms with E-state index in [2.05, 4.69) is 5.32 Å². The van der Waals surface area contributed by atoms with E-state index in [1.54, 1.807) is 37.3 Å². The first-order valence-corrected chi connectivity index (χ1v) is 15.2. The summed E-state index contributed by atoms with van der Waals surface area (Å²) in [5, 5.41) is 3.32. The second kappa shape index (κ2) is 13.8. The molecule has 0 aliphatic heterocycles. The minimum Gasteiger partial charge on any atom is -0.354 e. The molecule has 0 fully saturated rings. The fourth-order valence-electron chi connectivity index (χ4n) is 4.34. The van der Waals surface area contributed by atoms with E-state index in [1.807, 2.05) is 58.0 Å². The number of sulfonamides is 1. The van der Waals surface area contributed by atoms with Gasteiger partial charge in [0.1, 0.15) is 12.6 Å². The molecule has 7 nitrogen and oxygen atoms in total. The third-order valence-electron chi connectivity index (χ3n) is 6.66. The van der Waals surface area contributed by atoms with Gasteiger partial charge >= 0.3 is 0 Å². The topological polar surface area (TPSA) is 86.8 Å². The highest BCUT2D eigenvalue weighted by Gasteiger charge is 2.34. The van der Waals surface area contributed by atoms with E-state index in [-0.39, 0.29) is 23.3 Å². The molecule has 9 heteroatoms. The second-order valence-electron chi connectivity index (χ2n) is 10.3. The quantitative estimate of drug-likeness (QED) is 0.295. The van der Waals surface area contributed by atoms with Crippen LogP contribution in [0.5, 0.6) is 0 Å². The van der Waals surface area contributed by atoms with Gasteiger partial charge in [0.2, 0.25) is 11.8 Å². The van der Waals surface area contributed by atoms with Crippen LogP contribution in [-0.2, 0) is 26.2 Å². The third kappa shape index (κ3) is 7.64. The predicted molar refractivity (Wildman–Crippen MR) is 161 cm³/mol. The van der Waals surface area contributed by atoms with Gasteiger partial charge in [0, 0.05) is 18.1 Å². The van der Waals surface area contributed by atoms with Crippen LogP contribution in [0.15, 0.2) is 77.7 Å². The SMILES string of the molecule is CCC(C(=O)NCC(C)C)N(Cc1ccccc1)C(=O)CN(c1cccc(Cl)c1C)S(=O)(=O)c1ccc(C)cc1. The Balaban J connectivity index is 2.07.